The van der Waals surface area contributed by atoms with Gasteiger partial charge in [0.15, 0.2) is 6.29 Å². The van der Waals surface area contributed by atoms with Crippen LogP contribution in [0.25, 0.3) is 10.7 Å². The number of nitrogens with zero attached hydrogens (tertiary/aromatic N) is 3. The summed E-state index contributed by atoms with van der Waals surface area (Å²) in [4.78, 5) is 25.6. The minimum Gasteiger partial charge on any atom is -0.380 e. The molecule has 2 aromatic heterocycles. The molecule has 0 aliphatic carbocycles. The van der Waals surface area contributed by atoms with Gasteiger partial charge in [-0.3, -0.25) is 14.7 Å². The SMILES string of the molecule is COC(CNc1ccccc1CC(=O)CC1CCN(Cc2cnc(-c3ccccn3)s2)CC1)OC. The maximum Gasteiger partial charge on any atom is 0.173 e. The molecule has 0 atom stereocenters. The minimum atomic E-state index is -0.324. The lowest BCUT2D eigenvalue weighted by Crippen LogP contribution is -2.33. The summed E-state index contributed by atoms with van der Waals surface area (Å²) in [6, 6.07) is 13.9. The number of thiazole rings is 1. The van der Waals surface area contributed by atoms with Gasteiger partial charge in [0.1, 0.15) is 10.8 Å². The first kappa shape index (κ1) is 25.4. The molecule has 7 nitrogen and oxygen atoms in total. The number of likely N-dealkylation sites (tertiary alicyclic amines) is 1. The van der Waals surface area contributed by atoms with E-state index in [4.69, 9.17) is 9.47 Å². The third-order valence-corrected chi connectivity index (χ3v) is 7.44. The van der Waals surface area contributed by atoms with Crippen molar-refractivity contribution in [3.05, 3.63) is 65.3 Å². The van der Waals surface area contributed by atoms with Crippen LogP contribution in [-0.4, -0.2) is 60.8 Å². The molecular formula is C27H34N4O3S. The molecule has 1 N–H and O–H groups in total. The number of anilines is 1. The van der Waals surface area contributed by atoms with Crippen LogP contribution in [0.2, 0.25) is 0 Å². The van der Waals surface area contributed by atoms with Crippen LogP contribution in [0.1, 0.15) is 29.7 Å². The first-order valence-electron chi connectivity index (χ1n) is 12.1. The van der Waals surface area contributed by atoms with E-state index in [1.807, 2.05) is 48.7 Å². The number of benzene rings is 1. The normalized spacial score (nSPS) is 14.9. The van der Waals surface area contributed by atoms with Crippen LogP contribution < -0.4 is 5.32 Å². The van der Waals surface area contributed by atoms with E-state index in [1.54, 1.807) is 31.8 Å². The molecular weight excluding hydrogens is 460 g/mol. The van der Waals surface area contributed by atoms with Gasteiger partial charge < -0.3 is 14.8 Å². The Morgan fingerprint density at radius 2 is 1.89 bits per heavy atom. The number of rotatable bonds is 12. The molecule has 186 valence electrons. The lowest BCUT2D eigenvalue weighted by Gasteiger charge is -2.31. The Morgan fingerprint density at radius 3 is 2.63 bits per heavy atom. The second kappa shape index (κ2) is 12.9. The van der Waals surface area contributed by atoms with Crippen molar-refractivity contribution in [3.8, 4) is 10.7 Å². The van der Waals surface area contributed by atoms with E-state index in [9.17, 15) is 4.79 Å². The molecule has 1 saturated heterocycles. The van der Waals surface area contributed by atoms with Crippen LogP contribution in [-0.2, 0) is 27.2 Å². The molecule has 1 fully saturated rings. The Bertz CT molecular complexity index is 1060. The first-order chi connectivity index (χ1) is 17.1. The predicted octanol–water partition coefficient (Wildman–Crippen LogP) is 4.65. The second-order valence-electron chi connectivity index (χ2n) is 8.92. The molecule has 0 unspecified atom stereocenters. The number of hydrogen-bond acceptors (Lipinski definition) is 8. The smallest absolute Gasteiger partial charge is 0.173 e. The molecule has 35 heavy (non-hydrogen) atoms. The van der Waals surface area contributed by atoms with Crippen molar-refractivity contribution in [2.75, 3.05) is 39.2 Å². The Kier molecular flexibility index (Phi) is 9.36. The number of hydrogen-bond donors (Lipinski definition) is 1. The molecule has 3 aromatic rings. The van der Waals surface area contributed by atoms with E-state index >= 15 is 0 Å². The Morgan fingerprint density at radius 1 is 1.11 bits per heavy atom. The lowest BCUT2D eigenvalue weighted by atomic mass is 9.90. The Hall–Kier alpha value is -2.65. The van der Waals surface area contributed by atoms with Gasteiger partial charge in [-0.2, -0.15) is 0 Å². The van der Waals surface area contributed by atoms with Crippen LogP contribution in [0.15, 0.2) is 54.9 Å². The molecule has 8 heteroatoms. The van der Waals surface area contributed by atoms with Gasteiger partial charge in [0.2, 0.25) is 0 Å². The zero-order chi connectivity index (χ0) is 24.5. The number of aromatic nitrogens is 2. The number of nitrogens with one attached hydrogen (secondary N) is 1. The van der Waals surface area contributed by atoms with Gasteiger partial charge in [-0.1, -0.05) is 24.3 Å². The quantitative estimate of drug-likeness (QED) is 0.367. The molecule has 0 bridgehead atoms. The molecule has 0 saturated carbocycles. The maximum absolute atomic E-state index is 12.9. The van der Waals surface area contributed by atoms with Gasteiger partial charge in [0.05, 0.1) is 12.2 Å². The fourth-order valence-corrected chi connectivity index (χ4v) is 5.40. The summed E-state index contributed by atoms with van der Waals surface area (Å²) in [6.45, 7) is 3.47. The van der Waals surface area contributed by atoms with Crippen molar-refractivity contribution >= 4 is 22.8 Å². The Balaban J connectivity index is 1.22. The van der Waals surface area contributed by atoms with Gasteiger partial charge in [-0.05, 0) is 55.6 Å². The highest BCUT2D eigenvalue weighted by Crippen LogP contribution is 2.27. The zero-order valence-electron chi connectivity index (χ0n) is 20.5. The molecule has 3 heterocycles. The van der Waals surface area contributed by atoms with Gasteiger partial charge in [0, 0.05) is 56.6 Å². The number of carbonyl (C=O) groups is 1. The molecule has 1 aromatic carbocycles. The second-order valence-corrected chi connectivity index (χ2v) is 10.0. The molecule has 4 rings (SSSR count). The summed E-state index contributed by atoms with van der Waals surface area (Å²) in [5.74, 6) is 0.756. The summed E-state index contributed by atoms with van der Waals surface area (Å²) in [6.07, 6.45) is 6.65. The Labute approximate surface area is 211 Å². The third-order valence-electron chi connectivity index (χ3n) is 6.43. The number of piperidine rings is 1. The van der Waals surface area contributed by atoms with Crippen molar-refractivity contribution in [1.29, 1.82) is 0 Å². The predicted molar refractivity (Wildman–Crippen MR) is 139 cm³/mol. The minimum absolute atomic E-state index is 0.301. The summed E-state index contributed by atoms with van der Waals surface area (Å²) in [5, 5.41) is 4.32. The number of methoxy groups -OCH3 is 2. The number of ketones is 1. The fraction of sp³-hybridized carbons (Fsp3) is 0.444. The molecule has 1 aliphatic heterocycles. The largest absolute Gasteiger partial charge is 0.380 e. The van der Waals surface area contributed by atoms with Crippen molar-refractivity contribution in [2.24, 2.45) is 5.92 Å². The highest BCUT2D eigenvalue weighted by molar-refractivity contribution is 7.14. The number of ether oxygens (including phenoxy) is 2. The summed E-state index contributed by atoms with van der Waals surface area (Å²) >= 11 is 1.71. The van der Waals surface area contributed by atoms with Crippen LogP contribution in [0, 0.1) is 5.92 Å². The van der Waals surface area contributed by atoms with E-state index in [0.29, 0.717) is 31.1 Å². The van der Waals surface area contributed by atoms with E-state index in [0.717, 1.165) is 54.4 Å². The van der Waals surface area contributed by atoms with Gasteiger partial charge in [-0.25, -0.2) is 4.98 Å². The molecule has 1 aliphatic rings. The highest BCUT2D eigenvalue weighted by atomic mass is 32.1. The number of Topliss-reactive ketones (excluding diaryl/α,β-unsaturated/α-hetero) is 1. The van der Waals surface area contributed by atoms with Gasteiger partial charge in [0.25, 0.3) is 0 Å². The van der Waals surface area contributed by atoms with Crippen molar-refractivity contribution in [3.63, 3.8) is 0 Å². The highest BCUT2D eigenvalue weighted by Gasteiger charge is 2.22. The van der Waals surface area contributed by atoms with Crippen LogP contribution in [0.3, 0.4) is 0 Å². The third kappa shape index (κ3) is 7.41. The van der Waals surface area contributed by atoms with Crippen LogP contribution >= 0.6 is 11.3 Å². The first-order valence-corrected chi connectivity index (χ1v) is 12.9. The monoisotopic (exact) mass is 494 g/mol. The summed E-state index contributed by atoms with van der Waals surface area (Å²) in [7, 11) is 3.24. The number of carbonyl (C=O) groups excluding carboxylic acids is 1. The molecule has 0 amide bonds. The van der Waals surface area contributed by atoms with Crippen molar-refractivity contribution < 1.29 is 14.3 Å². The van der Waals surface area contributed by atoms with Gasteiger partial charge >= 0.3 is 0 Å². The summed E-state index contributed by atoms with van der Waals surface area (Å²) < 4.78 is 10.5. The average Bonchev–Trinajstić information content (AvgIpc) is 3.36. The van der Waals surface area contributed by atoms with Gasteiger partial charge in [-0.15, -0.1) is 11.3 Å². The van der Waals surface area contributed by atoms with E-state index in [-0.39, 0.29) is 6.29 Å². The van der Waals surface area contributed by atoms with Crippen molar-refractivity contribution in [1.82, 2.24) is 14.9 Å². The topological polar surface area (TPSA) is 76.6 Å². The lowest BCUT2D eigenvalue weighted by molar-refractivity contribution is -0.119. The summed E-state index contributed by atoms with van der Waals surface area (Å²) in [5.41, 5.74) is 2.91. The van der Waals surface area contributed by atoms with E-state index in [1.165, 1.54) is 4.88 Å². The zero-order valence-corrected chi connectivity index (χ0v) is 21.3. The number of para-hydroxylation sites is 1. The fourth-order valence-electron chi connectivity index (χ4n) is 4.47. The average molecular weight is 495 g/mol. The van der Waals surface area contributed by atoms with E-state index < -0.39 is 0 Å². The number of pyridine rings is 1. The van der Waals surface area contributed by atoms with Crippen molar-refractivity contribution in [2.45, 2.75) is 38.5 Å². The molecule has 0 radical (unpaired) electrons. The van der Waals surface area contributed by atoms with Crippen LogP contribution in [0.5, 0.6) is 0 Å². The van der Waals surface area contributed by atoms with Crippen LogP contribution in [0.4, 0.5) is 5.69 Å². The standard InChI is InChI=1S/C27H34N4O3S/c1-33-26(34-2)18-29-24-8-4-3-7-21(24)16-22(32)15-20-10-13-31(14-11-20)19-23-17-30-27(35-23)25-9-5-6-12-28-25/h3-9,12,17,20,26,29H,10-11,13-16,18-19H2,1-2H3. The van der Waals surface area contributed by atoms with E-state index in [2.05, 4.69) is 20.2 Å². The molecule has 0 spiro atoms. The maximum atomic E-state index is 12.9.